The highest BCUT2D eigenvalue weighted by atomic mass is 35.5. The van der Waals surface area contributed by atoms with Crippen molar-refractivity contribution >= 4 is 35.0 Å². The summed E-state index contributed by atoms with van der Waals surface area (Å²) in [5.74, 6) is 0.614. The van der Waals surface area contributed by atoms with E-state index in [-0.39, 0.29) is 5.91 Å². The molecule has 0 atom stereocenters. The van der Waals surface area contributed by atoms with Crippen molar-refractivity contribution < 1.29 is 9.53 Å². The average Bonchev–Trinajstić information content (AvgIpc) is 2.64. The molecule has 0 unspecified atom stereocenters. The van der Waals surface area contributed by atoms with Gasteiger partial charge >= 0.3 is 0 Å². The predicted molar refractivity (Wildman–Crippen MR) is 103 cm³/mol. The van der Waals surface area contributed by atoms with Crippen LogP contribution in [-0.4, -0.2) is 13.0 Å². The Balaban J connectivity index is 1.65. The second-order valence-electron chi connectivity index (χ2n) is 5.24. The number of ether oxygens (including phenoxy) is 1. The Morgan fingerprint density at radius 2 is 1.52 bits per heavy atom. The van der Waals surface area contributed by atoms with E-state index in [0.29, 0.717) is 10.6 Å². The number of nitrogens with one attached hydrogen (secondary N) is 1. The van der Waals surface area contributed by atoms with Gasteiger partial charge in [-0.2, -0.15) is 0 Å². The lowest BCUT2D eigenvalue weighted by molar-refractivity contribution is 0.102. The van der Waals surface area contributed by atoms with Crippen LogP contribution in [0.25, 0.3) is 0 Å². The molecule has 0 bridgehead atoms. The van der Waals surface area contributed by atoms with Gasteiger partial charge in [-0.3, -0.25) is 4.79 Å². The first kappa shape index (κ1) is 17.4. The molecule has 0 heterocycles. The van der Waals surface area contributed by atoms with Crippen LogP contribution < -0.4 is 10.1 Å². The Kier molecular flexibility index (Phi) is 5.64. The molecule has 25 heavy (non-hydrogen) atoms. The molecule has 0 aliphatic heterocycles. The summed E-state index contributed by atoms with van der Waals surface area (Å²) in [5.41, 5.74) is 1.19. The number of carbonyl (C=O) groups excluding carboxylic acids is 1. The highest BCUT2D eigenvalue weighted by Crippen LogP contribution is 2.30. The summed E-state index contributed by atoms with van der Waals surface area (Å²) in [5, 5.41) is 3.29. The first-order valence-corrected chi connectivity index (χ1v) is 8.83. The second-order valence-corrected chi connectivity index (χ2v) is 6.79. The van der Waals surface area contributed by atoms with E-state index in [1.807, 2.05) is 48.5 Å². The van der Waals surface area contributed by atoms with Crippen molar-refractivity contribution in [2.24, 2.45) is 0 Å². The van der Waals surface area contributed by atoms with Crippen molar-refractivity contribution in [3.63, 3.8) is 0 Å². The number of halogens is 1. The van der Waals surface area contributed by atoms with Crippen molar-refractivity contribution in [2.75, 3.05) is 12.4 Å². The van der Waals surface area contributed by atoms with Gasteiger partial charge in [0.2, 0.25) is 0 Å². The van der Waals surface area contributed by atoms with Gasteiger partial charge in [-0.1, -0.05) is 35.5 Å². The van der Waals surface area contributed by atoms with E-state index in [2.05, 4.69) is 5.32 Å². The second kappa shape index (κ2) is 8.10. The molecule has 0 spiro atoms. The monoisotopic (exact) mass is 369 g/mol. The van der Waals surface area contributed by atoms with E-state index >= 15 is 0 Å². The summed E-state index contributed by atoms with van der Waals surface area (Å²) in [6, 6.07) is 22.6. The number of amides is 1. The minimum Gasteiger partial charge on any atom is -0.497 e. The molecule has 126 valence electrons. The summed E-state index contributed by atoms with van der Waals surface area (Å²) in [4.78, 5) is 14.5. The van der Waals surface area contributed by atoms with Crippen molar-refractivity contribution in [3.8, 4) is 5.75 Å². The zero-order valence-electron chi connectivity index (χ0n) is 13.5. The van der Waals surface area contributed by atoms with E-state index in [4.69, 9.17) is 16.3 Å². The molecule has 3 aromatic rings. The number of rotatable bonds is 5. The van der Waals surface area contributed by atoms with Crippen LogP contribution in [0.4, 0.5) is 5.69 Å². The molecule has 0 aliphatic carbocycles. The standard InChI is InChI=1S/C20H16ClNO2S/c1-24-15-8-12-17(13-9-15)25-16-10-6-14(7-11-16)22-20(23)18-4-2-3-5-19(18)21/h2-13H,1H3,(H,22,23). The van der Waals surface area contributed by atoms with E-state index in [0.717, 1.165) is 21.2 Å². The number of carbonyl (C=O) groups is 1. The molecule has 1 amide bonds. The molecule has 0 aliphatic rings. The third kappa shape index (κ3) is 4.56. The number of hydrogen-bond acceptors (Lipinski definition) is 3. The van der Waals surface area contributed by atoms with E-state index in [1.54, 1.807) is 43.1 Å². The number of benzene rings is 3. The number of methoxy groups -OCH3 is 1. The Morgan fingerprint density at radius 1 is 0.920 bits per heavy atom. The van der Waals surface area contributed by atoms with E-state index in [9.17, 15) is 4.79 Å². The van der Waals surface area contributed by atoms with Gasteiger partial charge in [-0.05, 0) is 60.7 Å². The van der Waals surface area contributed by atoms with Crippen LogP contribution in [0.15, 0.2) is 82.6 Å². The Hall–Kier alpha value is -2.43. The third-order valence-corrected chi connectivity index (χ3v) is 4.87. The topological polar surface area (TPSA) is 38.3 Å². The Morgan fingerprint density at radius 3 is 2.12 bits per heavy atom. The highest BCUT2D eigenvalue weighted by Gasteiger charge is 2.09. The highest BCUT2D eigenvalue weighted by molar-refractivity contribution is 7.99. The predicted octanol–water partition coefficient (Wildman–Crippen LogP) is 5.75. The van der Waals surface area contributed by atoms with Crippen LogP contribution in [0.5, 0.6) is 5.75 Å². The van der Waals surface area contributed by atoms with Crippen molar-refractivity contribution in [1.82, 2.24) is 0 Å². The van der Waals surface area contributed by atoms with Gasteiger partial charge in [0.1, 0.15) is 5.75 Å². The summed E-state index contributed by atoms with van der Waals surface area (Å²) < 4.78 is 5.16. The first-order chi connectivity index (χ1) is 12.2. The maximum absolute atomic E-state index is 12.3. The van der Waals surface area contributed by atoms with Crippen molar-refractivity contribution in [1.29, 1.82) is 0 Å². The molecule has 0 fully saturated rings. The first-order valence-electron chi connectivity index (χ1n) is 7.63. The smallest absolute Gasteiger partial charge is 0.257 e. The molecule has 0 saturated heterocycles. The summed E-state index contributed by atoms with van der Waals surface area (Å²) in [7, 11) is 1.65. The Labute approximate surface area is 156 Å². The van der Waals surface area contributed by atoms with Gasteiger partial charge in [0.15, 0.2) is 0 Å². The number of anilines is 1. The van der Waals surface area contributed by atoms with Gasteiger partial charge in [0, 0.05) is 15.5 Å². The quantitative estimate of drug-likeness (QED) is 0.622. The van der Waals surface area contributed by atoms with Crippen LogP contribution >= 0.6 is 23.4 Å². The van der Waals surface area contributed by atoms with E-state index in [1.165, 1.54) is 0 Å². The third-order valence-electron chi connectivity index (χ3n) is 3.53. The van der Waals surface area contributed by atoms with Gasteiger partial charge in [-0.25, -0.2) is 0 Å². The Bertz CT molecular complexity index is 864. The zero-order valence-corrected chi connectivity index (χ0v) is 15.1. The SMILES string of the molecule is COc1ccc(Sc2ccc(NC(=O)c3ccccc3Cl)cc2)cc1. The molecule has 3 nitrogen and oxygen atoms in total. The fourth-order valence-electron chi connectivity index (χ4n) is 2.23. The van der Waals surface area contributed by atoms with Crippen LogP contribution in [0.1, 0.15) is 10.4 Å². The average molecular weight is 370 g/mol. The molecule has 5 heteroatoms. The molecule has 0 saturated carbocycles. The van der Waals surface area contributed by atoms with Crippen molar-refractivity contribution in [3.05, 3.63) is 83.4 Å². The lowest BCUT2D eigenvalue weighted by Gasteiger charge is -2.08. The minimum absolute atomic E-state index is 0.221. The van der Waals surface area contributed by atoms with Gasteiger partial charge in [0.05, 0.1) is 17.7 Å². The lowest BCUT2D eigenvalue weighted by Crippen LogP contribution is -2.12. The van der Waals surface area contributed by atoms with Crippen LogP contribution in [0.3, 0.4) is 0 Å². The normalized spacial score (nSPS) is 10.3. The van der Waals surface area contributed by atoms with Crippen molar-refractivity contribution in [2.45, 2.75) is 9.79 Å². The molecule has 3 aromatic carbocycles. The maximum atomic E-state index is 12.3. The maximum Gasteiger partial charge on any atom is 0.257 e. The fourth-order valence-corrected chi connectivity index (χ4v) is 3.27. The molecule has 0 aromatic heterocycles. The minimum atomic E-state index is -0.221. The molecular formula is C20H16ClNO2S. The lowest BCUT2D eigenvalue weighted by atomic mass is 10.2. The summed E-state index contributed by atoms with van der Waals surface area (Å²) >= 11 is 7.69. The number of hydrogen-bond donors (Lipinski definition) is 1. The largest absolute Gasteiger partial charge is 0.497 e. The van der Waals surface area contributed by atoms with Crippen LogP contribution in [0.2, 0.25) is 5.02 Å². The molecular weight excluding hydrogens is 354 g/mol. The van der Waals surface area contributed by atoms with Crippen LogP contribution in [0, 0.1) is 0 Å². The summed E-state index contributed by atoms with van der Waals surface area (Å²) in [6.45, 7) is 0. The van der Waals surface area contributed by atoms with E-state index < -0.39 is 0 Å². The van der Waals surface area contributed by atoms with Gasteiger partial charge in [-0.15, -0.1) is 0 Å². The molecule has 3 rings (SSSR count). The molecule has 0 radical (unpaired) electrons. The fraction of sp³-hybridized carbons (Fsp3) is 0.0500. The van der Waals surface area contributed by atoms with Gasteiger partial charge in [0.25, 0.3) is 5.91 Å². The molecule has 1 N–H and O–H groups in total. The summed E-state index contributed by atoms with van der Waals surface area (Å²) in [6.07, 6.45) is 0. The zero-order chi connectivity index (χ0) is 17.6. The van der Waals surface area contributed by atoms with Gasteiger partial charge < -0.3 is 10.1 Å². The van der Waals surface area contributed by atoms with Crippen LogP contribution in [-0.2, 0) is 0 Å².